The number of carbonyl (C=O) groups is 2. The Balaban J connectivity index is 1.82. The first kappa shape index (κ1) is 15.1. The molecule has 2 saturated heterocycles. The monoisotopic (exact) mass is 285 g/mol. The molecule has 0 spiro atoms. The number of amides is 2. The van der Waals surface area contributed by atoms with Gasteiger partial charge < -0.3 is 20.4 Å². The fourth-order valence-corrected chi connectivity index (χ4v) is 2.93. The van der Waals surface area contributed by atoms with E-state index in [0.29, 0.717) is 19.1 Å². The summed E-state index contributed by atoms with van der Waals surface area (Å²) in [4.78, 5) is 26.8. The lowest BCUT2D eigenvalue weighted by atomic mass is 10.1. The topological polar surface area (TPSA) is 93.1 Å². The summed E-state index contributed by atoms with van der Waals surface area (Å²) in [7, 11) is 0. The average molecular weight is 285 g/mol. The fourth-order valence-electron chi connectivity index (χ4n) is 2.93. The number of hydrogen-bond donors (Lipinski definition) is 3. The highest BCUT2D eigenvalue weighted by Crippen LogP contribution is 2.20. The fraction of sp³-hybridized carbons (Fsp3) is 0.846. The van der Waals surface area contributed by atoms with Gasteiger partial charge in [0.1, 0.15) is 0 Å². The number of aliphatic carboxylic acids is 1. The molecule has 0 saturated carbocycles. The molecule has 0 aliphatic carbocycles. The van der Waals surface area contributed by atoms with Crippen LogP contribution in [0, 0.1) is 0 Å². The molecule has 2 rings (SSSR count). The molecule has 2 heterocycles. The summed E-state index contributed by atoms with van der Waals surface area (Å²) < 4.78 is 0. The van der Waals surface area contributed by atoms with Crippen molar-refractivity contribution in [3.63, 3.8) is 0 Å². The van der Waals surface area contributed by atoms with Crippen molar-refractivity contribution < 1.29 is 19.8 Å². The number of nitrogens with one attached hydrogen (secondary N) is 1. The number of carboxylic acid groups (broad SMARTS) is 1. The van der Waals surface area contributed by atoms with Gasteiger partial charge in [-0.15, -0.1) is 0 Å². The van der Waals surface area contributed by atoms with E-state index < -0.39 is 24.6 Å². The van der Waals surface area contributed by atoms with Crippen molar-refractivity contribution in [2.75, 3.05) is 32.8 Å². The number of likely N-dealkylation sites (tertiary alicyclic amines) is 2. The Bertz CT molecular complexity index is 358. The van der Waals surface area contributed by atoms with Crippen LogP contribution in [0.4, 0.5) is 4.79 Å². The molecular weight excluding hydrogens is 262 g/mol. The maximum Gasteiger partial charge on any atom is 0.328 e. The van der Waals surface area contributed by atoms with Gasteiger partial charge in [-0.05, 0) is 32.4 Å². The van der Waals surface area contributed by atoms with Gasteiger partial charge in [0.2, 0.25) is 0 Å². The third kappa shape index (κ3) is 3.61. The van der Waals surface area contributed by atoms with Gasteiger partial charge in [-0.25, -0.2) is 9.59 Å². The molecule has 0 aromatic heterocycles. The van der Waals surface area contributed by atoms with Gasteiger partial charge in [0, 0.05) is 19.1 Å². The average Bonchev–Trinajstić information content (AvgIpc) is 2.95. The molecule has 114 valence electrons. The predicted octanol–water partition coefficient (Wildman–Crippen LogP) is -0.298. The number of carbonyl (C=O) groups excluding carboxylic acids is 1. The van der Waals surface area contributed by atoms with E-state index in [1.807, 2.05) is 0 Å². The van der Waals surface area contributed by atoms with Crippen LogP contribution in [0.25, 0.3) is 0 Å². The van der Waals surface area contributed by atoms with Crippen molar-refractivity contribution in [1.29, 1.82) is 0 Å². The molecule has 2 atom stereocenters. The zero-order valence-corrected chi connectivity index (χ0v) is 11.6. The Labute approximate surface area is 118 Å². The number of aliphatic hydroxyl groups excluding tert-OH is 1. The summed E-state index contributed by atoms with van der Waals surface area (Å²) in [5.74, 6) is -1.22. The molecule has 2 aliphatic heterocycles. The molecule has 0 bridgehead atoms. The van der Waals surface area contributed by atoms with Crippen LogP contribution in [0.2, 0.25) is 0 Å². The first-order valence-corrected chi connectivity index (χ1v) is 7.25. The lowest BCUT2D eigenvalue weighted by molar-refractivity contribution is -0.140. The highest BCUT2D eigenvalue weighted by Gasteiger charge is 2.32. The van der Waals surface area contributed by atoms with Crippen LogP contribution in [0.5, 0.6) is 0 Å². The van der Waals surface area contributed by atoms with E-state index in [2.05, 4.69) is 10.2 Å². The Hall–Kier alpha value is -1.34. The molecule has 3 N–H and O–H groups in total. The molecule has 7 heteroatoms. The van der Waals surface area contributed by atoms with E-state index in [-0.39, 0.29) is 0 Å². The van der Waals surface area contributed by atoms with E-state index in [1.54, 1.807) is 4.90 Å². The van der Waals surface area contributed by atoms with E-state index in [0.717, 1.165) is 19.5 Å². The van der Waals surface area contributed by atoms with Gasteiger partial charge >= 0.3 is 12.0 Å². The van der Waals surface area contributed by atoms with Crippen LogP contribution in [0.1, 0.15) is 25.7 Å². The third-order valence-corrected chi connectivity index (χ3v) is 4.14. The molecule has 20 heavy (non-hydrogen) atoms. The van der Waals surface area contributed by atoms with Crippen LogP contribution in [0.15, 0.2) is 0 Å². The van der Waals surface area contributed by atoms with E-state index >= 15 is 0 Å². The van der Waals surface area contributed by atoms with E-state index in [1.165, 1.54) is 19.3 Å². The van der Waals surface area contributed by atoms with Gasteiger partial charge in [0.25, 0.3) is 0 Å². The molecular formula is C13H23N3O4. The number of nitrogens with zero attached hydrogens (tertiary/aromatic N) is 2. The number of carboxylic acids is 1. The Morgan fingerprint density at radius 1 is 1.20 bits per heavy atom. The van der Waals surface area contributed by atoms with Gasteiger partial charge in [-0.3, -0.25) is 4.90 Å². The smallest absolute Gasteiger partial charge is 0.328 e. The SMILES string of the molecule is O=C(O)C(CO)NC(=O)N1CCC(N2CCCCC2)C1. The highest BCUT2D eigenvalue weighted by molar-refractivity contribution is 5.82. The van der Waals surface area contributed by atoms with Crippen molar-refractivity contribution in [1.82, 2.24) is 15.1 Å². The van der Waals surface area contributed by atoms with Crippen LogP contribution in [0.3, 0.4) is 0 Å². The highest BCUT2D eigenvalue weighted by atomic mass is 16.4. The molecule has 0 radical (unpaired) electrons. The maximum absolute atomic E-state index is 12.0. The summed E-state index contributed by atoms with van der Waals surface area (Å²) in [6.45, 7) is 2.88. The molecule has 2 unspecified atom stereocenters. The zero-order chi connectivity index (χ0) is 14.5. The van der Waals surface area contributed by atoms with Crippen LogP contribution in [-0.2, 0) is 4.79 Å². The van der Waals surface area contributed by atoms with Crippen LogP contribution in [-0.4, -0.2) is 76.9 Å². The van der Waals surface area contributed by atoms with Crippen molar-refractivity contribution in [2.45, 2.75) is 37.8 Å². The normalized spacial score (nSPS) is 25.4. The molecule has 2 aliphatic rings. The Morgan fingerprint density at radius 2 is 1.90 bits per heavy atom. The van der Waals surface area contributed by atoms with Crippen molar-refractivity contribution in [3.8, 4) is 0 Å². The summed E-state index contributed by atoms with van der Waals surface area (Å²) in [5.41, 5.74) is 0. The van der Waals surface area contributed by atoms with E-state index in [9.17, 15) is 9.59 Å². The number of rotatable bonds is 4. The molecule has 0 aromatic carbocycles. The van der Waals surface area contributed by atoms with Gasteiger partial charge in [0.05, 0.1) is 6.61 Å². The van der Waals surface area contributed by atoms with Crippen molar-refractivity contribution >= 4 is 12.0 Å². The van der Waals surface area contributed by atoms with Gasteiger partial charge in [0.15, 0.2) is 6.04 Å². The predicted molar refractivity (Wildman–Crippen MR) is 72.4 cm³/mol. The summed E-state index contributed by atoms with van der Waals surface area (Å²) in [5, 5.41) is 20.1. The number of urea groups is 1. The minimum Gasteiger partial charge on any atom is -0.480 e. The molecule has 2 amide bonds. The molecule has 7 nitrogen and oxygen atoms in total. The largest absolute Gasteiger partial charge is 0.480 e. The van der Waals surface area contributed by atoms with E-state index in [4.69, 9.17) is 10.2 Å². The summed E-state index contributed by atoms with van der Waals surface area (Å²) in [6, 6.07) is -1.24. The summed E-state index contributed by atoms with van der Waals surface area (Å²) in [6.07, 6.45) is 4.65. The number of hydrogen-bond acceptors (Lipinski definition) is 4. The minimum atomic E-state index is -1.23. The lowest BCUT2D eigenvalue weighted by Gasteiger charge is -2.32. The second-order valence-electron chi connectivity index (χ2n) is 5.51. The standard InChI is InChI=1S/C13H23N3O4/c17-9-11(12(18)19)14-13(20)16-7-4-10(8-16)15-5-2-1-3-6-15/h10-11,17H,1-9H2,(H,14,20)(H,18,19). The van der Waals surface area contributed by atoms with Crippen molar-refractivity contribution in [2.24, 2.45) is 0 Å². The van der Waals surface area contributed by atoms with Crippen LogP contribution >= 0.6 is 0 Å². The number of piperidine rings is 1. The second kappa shape index (κ2) is 6.90. The third-order valence-electron chi connectivity index (χ3n) is 4.14. The zero-order valence-electron chi connectivity index (χ0n) is 11.6. The Kier molecular flexibility index (Phi) is 5.19. The van der Waals surface area contributed by atoms with Crippen molar-refractivity contribution in [3.05, 3.63) is 0 Å². The molecule has 0 aromatic rings. The second-order valence-corrected chi connectivity index (χ2v) is 5.51. The van der Waals surface area contributed by atoms with Crippen LogP contribution < -0.4 is 5.32 Å². The quantitative estimate of drug-likeness (QED) is 0.659. The van der Waals surface area contributed by atoms with Gasteiger partial charge in [-0.1, -0.05) is 6.42 Å². The summed E-state index contributed by atoms with van der Waals surface area (Å²) >= 11 is 0. The number of aliphatic hydroxyl groups is 1. The first-order chi connectivity index (χ1) is 9.61. The first-order valence-electron chi connectivity index (χ1n) is 7.25. The van der Waals surface area contributed by atoms with Gasteiger partial charge in [-0.2, -0.15) is 0 Å². The minimum absolute atomic E-state index is 0.387. The molecule has 2 fully saturated rings. The maximum atomic E-state index is 12.0. The lowest BCUT2D eigenvalue weighted by Crippen LogP contribution is -2.50. The Morgan fingerprint density at radius 3 is 2.50 bits per heavy atom.